The topological polar surface area (TPSA) is 44.1 Å². The third-order valence-electron chi connectivity index (χ3n) is 1.99. The lowest BCUT2D eigenvalue weighted by Crippen LogP contribution is -2.44. The van der Waals surface area contributed by atoms with Crippen LogP contribution in [0.2, 0.25) is 0 Å². The van der Waals surface area contributed by atoms with Crippen LogP contribution in [0, 0.1) is 16.7 Å². The maximum atomic E-state index is 11.9. The number of carbonyl (C=O) groups is 1. The molecule has 0 aromatic carbocycles. The highest BCUT2D eigenvalue weighted by molar-refractivity contribution is 5.81. The first-order chi connectivity index (χ1) is 6.30. The lowest BCUT2D eigenvalue weighted by molar-refractivity contribution is -0.141. The van der Waals surface area contributed by atoms with Gasteiger partial charge in [-0.3, -0.25) is 4.79 Å². The van der Waals surface area contributed by atoms with Crippen molar-refractivity contribution in [2.45, 2.75) is 47.1 Å². The Labute approximate surface area is 86.7 Å². The Morgan fingerprint density at radius 2 is 1.93 bits per heavy atom. The second kappa shape index (κ2) is 4.99. The molecule has 0 aliphatic carbocycles. The van der Waals surface area contributed by atoms with Crippen molar-refractivity contribution in [3.63, 3.8) is 0 Å². The van der Waals surface area contributed by atoms with E-state index >= 15 is 0 Å². The van der Waals surface area contributed by atoms with Gasteiger partial charge in [0, 0.05) is 18.0 Å². The number of nitrogens with zero attached hydrogens (tertiary/aromatic N) is 2. The highest BCUT2D eigenvalue weighted by Crippen LogP contribution is 2.19. The van der Waals surface area contributed by atoms with Gasteiger partial charge in [-0.2, -0.15) is 5.26 Å². The summed E-state index contributed by atoms with van der Waals surface area (Å²) in [6.07, 6.45) is 0.403. The van der Waals surface area contributed by atoms with Crippen LogP contribution >= 0.6 is 0 Å². The molecule has 80 valence electrons. The van der Waals surface area contributed by atoms with Crippen molar-refractivity contribution < 1.29 is 4.79 Å². The van der Waals surface area contributed by atoms with E-state index in [0.717, 1.165) is 0 Å². The first-order valence-electron chi connectivity index (χ1n) is 4.98. The van der Waals surface area contributed by atoms with Gasteiger partial charge < -0.3 is 4.90 Å². The molecule has 0 rings (SSSR count). The van der Waals surface area contributed by atoms with E-state index in [9.17, 15) is 4.79 Å². The quantitative estimate of drug-likeness (QED) is 0.694. The molecule has 3 heteroatoms. The number of nitriles is 1. The van der Waals surface area contributed by atoms with E-state index in [2.05, 4.69) is 6.07 Å². The van der Waals surface area contributed by atoms with Crippen molar-refractivity contribution in [2.24, 2.45) is 5.41 Å². The highest BCUT2D eigenvalue weighted by Gasteiger charge is 2.28. The molecule has 0 aliphatic rings. The minimum atomic E-state index is -0.361. The Kier molecular flexibility index (Phi) is 4.62. The van der Waals surface area contributed by atoms with Gasteiger partial charge in [0.2, 0.25) is 5.91 Å². The molecule has 0 bridgehead atoms. The summed E-state index contributed by atoms with van der Waals surface area (Å²) in [5.74, 6) is 0.114. The van der Waals surface area contributed by atoms with E-state index in [1.54, 1.807) is 4.90 Å². The van der Waals surface area contributed by atoms with Crippen molar-refractivity contribution in [1.82, 2.24) is 4.90 Å². The minimum Gasteiger partial charge on any atom is -0.339 e. The van der Waals surface area contributed by atoms with Crippen LogP contribution in [0.5, 0.6) is 0 Å². The van der Waals surface area contributed by atoms with E-state index in [-0.39, 0.29) is 17.4 Å². The maximum Gasteiger partial charge on any atom is 0.228 e. The normalized spacial score (nSPS) is 11.2. The number of hydrogen-bond acceptors (Lipinski definition) is 2. The molecule has 0 saturated carbocycles. The molecule has 0 aromatic rings. The smallest absolute Gasteiger partial charge is 0.228 e. The fourth-order valence-corrected chi connectivity index (χ4v) is 1.20. The number of rotatable bonds is 3. The average Bonchev–Trinajstić information content (AvgIpc) is 2.02. The fraction of sp³-hybridized carbons (Fsp3) is 0.818. The monoisotopic (exact) mass is 196 g/mol. The Hall–Kier alpha value is -1.04. The van der Waals surface area contributed by atoms with Crippen LogP contribution < -0.4 is 0 Å². The second-order valence-corrected chi connectivity index (χ2v) is 4.75. The van der Waals surface area contributed by atoms with Gasteiger partial charge >= 0.3 is 0 Å². The van der Waals surface area contributed by atoms with E-state index in [0.29, 0.717) is 13.0 Å². The van der Waals surface area contributed by atoms with E-state index < -0.39 is 0 Å². The summed E-state index contributed by atoms with van der Waals surface area (Å²) in [6, 6.07) is 2.23. The zero-order valence-corrected chi connectivity index (χ0v) is 9.79. The van der Waals surface area contributed by atoms with Crippen LogP contribution in [0.4, 0.5) is 0 Å². The summed E-state index contributed by atoms with van der Waals surface area (Å²) in [6.45, 7) is 10.2. The summed E-state index contributed by atoms with van der Waals surface area (Å²) in [5, 5.41) is 8.49. The molecule has 0 aromatic heterocycles. The molecule has 0 aliphatic heterocycles. The molecular weight excluding hydrogens is 176 g/mol. The van der Waals surface area contributed by atoms with Crippen LogP contribution in [-0.2, 0) is 4.79 Å². The molecule has 0 spiro atoms. The van der Waals surface area contributed by atoms with Crippen molar-refractivity contribution in [3.05, 3.63) is 0 Å². The molecule has 0 heterocycles. The number of hydrogen-bond donors (Lipinski definition) is 0. The molecule has 1 amide bonds. The Bertz CT molecular complexity index is 233. The summed E-state index contributed by atoms with van der Waals surface area (Å²) in [7, 11) is 0. The molecule has 0 radical (unpaired) electrons. The molecule has 14 heavy (non-hydrogen) atoms. The van der Waals surface area contributed by atoms with Gasteiger partial charge in [-0.1, -0.05) is 20.8 Å². The fourth-order valence-electron chi connectivity index (χ4n) is 1.20. The molecule has 0 atom stereocenters. The van der Waals surface area contributed by atoms with Gasteiger partial charge in [-0.25, -0.2) is 0 Å². The third kappa shape index (κ3) is 3.78. The van der Waals surface area contributed by atoms with Gasteiger partial charge in [-0.15, -0.1) is 0 Å². The van der Waals surface area contributed by atoms with E-state index in [1.165, 1.54) is 0 Å². The average molecular weight is 196 g/mol. The number of amides is 1. The van der Waals surface area contributed by atoms with Crippen LogP contribution in [0.1, 0.15) is 41.0 Å². The molecule has 3 nitrogen and oxygen atoms in total. The maximum absolute atomic E-state index is 11.9. The van der Waals surface area contributed by atoms with Crippen LogP contribution in [0.25, 0.3) is 0 Å². The lowest BCUT2D eigenvalue weighted by atomic mass is 9.94. The van der Waals surface area contributed by atoms with Crippen molar-refractivity contribution in [3.8, 4) is 6.07 Å². The van der Waals surface area contributed by atoms with E-state index in [4.69, 9.17) is 5.26 Å². The van der Waals surface area contributed by atoms with Crippen LogP contribution in [0.3, 0.4) is 0 Å². The summed E-state index contributed by atoms with van der Waals surface area (Å²) in [5.41, 5.74) is -0.361. The zero-order chi connectivity index (χ0) is 11.4. The van der Waals surface area contributed by atoms with Gasteiger partial charge in [0.1, 0.15) is 0 Å². The minimum absolute atomic E-state index is 0.114. The molecule has 0 unspecified atom stereocenters. The van der Waals surface area contributed by atoms with E-state index in [1.807, 2.05) is 34.6 Å². The summed E-state index contributed by atoms with van der Waals surface area (Å²) in [4.78, 5) is 13.7. The first kappa shape index (κ1) is 13.0. The molecule has 0 N–H and O–H groups in total. The Balaban J connectivity index is 4.52. The largest absolute Gasteiger partial charge is 0.339 e. The Morgan fingerprint density at radius 1 is 1.43 bits per heavy atom. The van der Waals surface area contributed by atoms with Gasteiger partial charge in [0.15, 0.2) is 0 Å². The van der Waals surface area contributed by atoms with Crippen molar-refractivity contribution in [1.29, 1.82) is 5.26 Å². The van der Waals surface area contributed by atoms with Crippen molar-refractivity contribution in [2.75, 3.05) is 6.54 Å². The molecule has 0 saturated heterocycles. The lowest BCUT2D eigenvalue weighted by Gasteiger charge is -2.32. The number of carbonyl (C=O) groups excluding carboxylic acids is 1. The first-order valence-corrected chi connectivity index (χ1v) is 4.98. The molecule has 0 fully saturated rings. The second-order valence-electron chi connectivity index (χ2n) is 4.75. The zero-order valence-electron chi connectivity index (χ0n) is 9.79. The van der Waals surface area contributed by atoms with Crippen LogP contribution in [0.15, 0.2) is 0 Å². The summed E-state index contributed by atoms with van der Waals surface area (Å²) < 4.78 is 0. The van der Waals surface area contributed by atoms with Gasteiger partial charge in [0.05, 0.1) is 12.5 Å². The standard InChI is InChI=1S/C11H20N2O/c1-9(2)13(8-6-7-12)10(14)11(3,4)5/h9H,6,8H2,1-5H3. The van der Waals surface area contributed by atoms with Crippen molar-refractivity contribution >= 4 is 5.91 Å². The SMILES string of the molecule is CC(C)N(CCC#N)C(=O)C(C)(C)C. The third-order valence-corrected chi connectivity index (χ3v) is 1.99. The predicted molar refractivity (Wildman–Crippen MR) is 56.5 cm³/mol. The van der Waals surface area contributed by atoms with Gasteiger partial charge in [-0.05, 0) is 13.8 Å². The predicted octanol–water partition coefficient (Wildman–Crippen LogP) is 2.18. The molecular formula is C11H20N2O. The van der Waals surface area contributed by atoms with Gasteiger partial charge in [0.25, 0.3) is 0 Å². The summed E-state index contributed by atoms with van der Waals surface area (Å²) >= 11 is 0. The van der Waals surface area contributed by atoms with Crippen LogP contribution in [-0.4, -0.2) is 23.4 Å². The highest BCUT2D eigenvalue weighted by atomic mass is 16.2. The Morgan fingerprint density at radius 3 is 2.21 bits per heavy atom.